The molecule has 7 heteroatoms. The van der Waals surface area contributed by atoms with Crippen molar-refractivity contribution in [1.29, 1.82) is 0 Å². The maximum atomic E-state index is 13.1. The van der Waals surface area contributed by atoms with Crippen molar-refractivity contribution in [2.75, 3.05) is 37.6 Å². The second kappa shape index (κ2) is 8.73. The number of primary amides is 1. The number of nitrogens with zero attached hydrogens (tertiary/aromatic N) is 2. The summed E-state index contributed by atoms with van der Waals surface area (Å²) in [6.45, 7) is 4.27. The highest BCUT2D eigenvalue weighted by atomic mass is 19.1. The van der Waals surface area contributed by atoms with E-state index in [1.807, 2.05) is 12.1 Å². The van der Waals surface area contributed by atoms with Crippen LogP contribution in [0.3, 0.4) is 0 Å². The highest BCUT2D eigenvalue weighted by molar-refractivity contribution is 5.65. The summed E-state index contributed by atoms with van der Waals surface area (Å²) in [7, 11) is 0. The molecular formula is C20H24FN3O3. The highest BCUT2D eigenvalue weighted by Crippen LogP contribution is 2.23. The third-order valence-electron chi connectivity index (χ3n) is 4.79. The molecule has 1 amide bonds. The first-order valence-electron chi connectivity index (χ1n) is 8.99. The number of rotatable bonds is 6. The van der Waals surface area contributed by atoms with E-state index >= 15 is 0 Å². The van der Waals surface area contributed by atoms with Gasteiger partial charge in [0.15, 0.2) is 0 Å². The van der Waals surface area contributed by atoms with Gasteiger partial charge in [-0.25, -0.2) is 9.18 Å². The van der Waals surface area contributed by atoms with Crippen LogP contribution in [0, 0.1) is 5.82 Å². The third-order valence-corrected chi connectivity index (χ3v) is 4.79. The molecule has 144 valence electrons. The number of carbonyl (C=O) groups excluding carboxylic acids is 1. The average Bonchev–Trinajstić information content (AvgIpc) is 2.67. The molecule has 1 fully saturated rings. The number of hydrogen-bond donors (Lipinski definition) is 2. The van der Waals surface area contributed by atoms with Gasteiger partial charge in [-0.1, -0.05) is 12.1 Å². The van der Waals surface area contributed by atoms with E-state index in [2.05, 4.69) is 9.80 Å². The van der Waals surface area contributed by atoms with Crippen molar-refractivity contribution in [2.45, 2.75) is 12.5 Å². The molecule has 1 heterocycles. The van der Waals surface area contributed by atoms with E-state index in [1.165, 1.54) is 12.1 Å². The van der Waals surface area contributed by atoms with Crippen molar-refractivity contribution in [3.63, 3.8) is 0 Å². The number of halogens is 1. The van der Waals surface area contributed by atoms with Crippen LogP contribution in [0.15, 0.2) is 48.5 Å². The molecule has 0 radical (unpaired) electrons. The number of ether oxygens (including phenoxy) is 1. The number of piperazine rings is 1. The van der Waals surface area contributed by atoms with Crippen LogP contribution in [0.1, 0.15) is 18.1 Å². The van der Waals surface area contributed by atoms with Gasteiger partial charge >= 0.3 is 6.09 Å². The van der Waals surface area contributed by atoms with Crippen LogP contribution in [0.4, 0.5) is 14.9 Å². The summed E-state index contributed by atoms with van der Waals surface area (Å²) < 4.78 is 18.4. The molecule has 0 spiro atoms. The van der Waals surface area contributed by atoms with E-state index in [4.69, 9.17) is 10.5 Å². The van der Waals surface area contributed by atoms with Gasteiger partial charge < -0.3 is 20.5 Å². The van der Waals surface area contributed by atoms with Crippen molar-refractivity contribution in [3.8, 4) is 5.75 Å². The van der Waals surface area contributed by atoms with Crippen LogP contribution < -0.4 is 10.6 Å². The maximum absolute atomic E-state index is 13.1. The number of amides is 1. The third kappa shape index (κ3) is 5.34. The van der Waals surface area contributed by atoms with Crippen molar-refractivity contribution in [2.24, 2.45) is 5.73 Å². The molecule has 0 saturated carbocycles. The van der Waals surface area contributed by atoms with Gasteiger partial charge in [-0.15, -0.1) is 0 Å². The number of nitrogens with two attached hydrogens (primary N) is 1. The Morgan fingerprint density at radius 1 is 1.07 bits per heavy atom. The quantitative estimate of drug-likeness (QED) is 0.814. The summed E-state index contributed by atoms with van der Waals surface area (Å²) in [5, 5.41) is 9.40. The molecule has 1 atom stereocenters. The topological polar surface area (TPSA) is 79.0 Å². The predicted molar refractivity (Wildman–Crippen MR) is 101 cm³/mol. The Morgan fingerprint density at radius 2 is 1.70 bits per heavy atom. The lowest BCUT2D eigenvalue weighted by Gasteiger charge is -2.36. The second-order valence-corrected chi connectivity index (χ2v) is 6.61. The van der Waals surface area contributed by atoms with Crippen LogP contribution >= 0.6 is 0 Å². The molecule has 2 aromatic carbocycles. The number of phenolic OH excluding ortho intramolecular Hbond substituents is 1. The average molecular weight is 373 g/mol. The molecule has 27 heavy (non-hydrogen) atoms. The van der Waals surface area contributed by atoms with Gasteiger partial charge in [0.2, 0.25) is 0 Å². The Balaban J connectivity index is 1.53. The Hall–Kier alpha value is -2.80. The number of carbonyl (C=O) groups is 1. The van der Waals surface area contributed by atoms with Crippen LogP contribution in [0.2, 0.25) is 0 Å². The van der Waals surface area contributed by atoms with Gasteiger partial charge in [-0.2, -0.15) is 0 Å². The maximum Gasteiger partial charge on any atom is 0.405 e. The summed E-state index contributed by atoms with van der Waals surface area (Å²) in [5.41, 5.74) is 7.01. The monoisotopic (exact) mass is 373 g/mol. The molecule has 3 rings (SSSR count). The van der Waals surface area contributed by atoms with Gasteiger partial charge in [0, 0.05) is 44.8 Å². The van der Waals surface area contributed by atoms with Crippen molar-refractivity contribution >= 4 is 11.8 Å². The van der Waals surface area contributed by atoms with Gasteiger partial charge in [-0.3, -0.25) is 4.90 Å². The largest absolute Gasteiger partial charge is 0.508 e. The van der Waals surface area contributed by atoms with Gasteiger partial charge in [0.05, 0.1) is 0 Å². The van der Waals surface area contributed by atoms with E-state index < -0.39 is 12.2 Å². The van der Waals surface area contributed by atoms with Crippen LogP contribution in [0.5, 0.6) is 5.75 Å². The Kier molecular flexibility index (Phi) is 6.13. The van der Waals surface area contributed by atoms with Gasteiger partial charge in [0.25, 0.3) is 0 Å². The molecular weight excluding hydrogens is 349 g/mol. The Bertz CT molecular complexity index is 744. The summed E-state index contributed by atoms with van der Waals surface area (Å²) >= 11 is 0. The fraction of sp³-hybridized carbons (Fsp3) is 0.350. The van der Waals surface area contributed by atoms with Crippen LogP contribution in [-0.2, 0) is 4.74 Å². The number of anilines is 1. The fourth-order valence-corrected chi connectivity index (χ4v) is 3.30. The van der Waals surface area contributed by atoms with E-state index in [9.17, 15) is 14.3 Å². The Labute approximate surface area is 157 Å². The molecule has 1 unspecified atom stereocenters. The van der Waals surface area contributed by atoms with Crippen LogP contribution in [-0.4, -0.2) is 48.8 Å². The van der Waals surface area contributed by atoms with E-state index in [0.29, 0.717) is 6.42 Å². The SMILES string of the molecule is NC(=O)OC(CCN1CCN(c2ccc(O)cc2)CC1)c1ccc(F)cc1. The number of phenols is 1. The number of benzene rings is 2. The first kappa shape index (κ1) is 19.0. The molecule has 1 saturated heterocycles. The highest BCUT2D eigenvalue weighted by Gasteiger charge is 2.21. The van der Waals surface area contributed by atoms with Gasteiger partial charge in [0.1, 0.15) is 17.7 Å². The summed E-state index contributed by atoms with van der Waals surface area (Å²) in [5.74, 6) is -0.0689. The molecule has 3 N–H and O–H groups in total. The lowest BCUT2D eigenvalue weighted by atomic mass is 10.1. The number of aromatic hydroxyl groups is 1. The molecule has 0 bridgehead atoms. The minimum atomic E-state index is -0.832. The molecule has 1 aliphatic heterocycles. The standard InChI is InChI=1S/C20H24FN3O3/c21-16-3-1-15(2-4-16)19(27-20(22)26)9-10-23-11-13-24(14-12-23)17-5-7-18(25)8-6-17/h1-8,19,25H,9-14H2,(H2,22,26). The smallest absolute Gasteiger partial charge is 0.405 e. The predicted octanol–water partition coefficient (Wildman–Crippen LogP) is 2.88. The Morgan fingerprint density at radius 3 is 2.30 bits per heavy atom. The minimum absolute atomic E-state index is 0.263. The number of hydrogen-bond acceptors (Lipinski definition) is 5. The zero-order chi connectivity index (χ0) is 19.2. The van der Waals surface area contributed by atoms with E-state index in [0.717, 1.165) is 44.0 Å². The first-order chi connectivity index (χ1) is 13.0. The van der Waals surface area contributed by atoms with Crippen molar-refractivity contribution in [1.82, 2.24) is 4.90 Å². The van der Waals surface area contributed by atoms with E-state index in [-0.39, 0.29) is 11.6 Å². The molecule has 2 aromatic rings. The lowest BCUT2D eigenvalue weighted by molar-refractivity contribution is 0.0910. The zero-order valence-electron chi connectivity index (χ0n) is 15.1. The van der Waals surface area contributed by atoms with Crippen LogP contribution in [0.25, 0.3) is 0 Å². The minimum Gasteiger partial charge on any atom is -0.508 e. The van der Waals surface area contributed by atoms with Crippen molar-refractivity contribution < 1.29 is 19.0 Å². The van der Waals surface area contributed by atoms with E-state index in [1.54, 1.807) is 24.3 Å². The summed E-state index contributed by atoms with van der Waals surface area (Å²) in [4.78, 5) is 15.8. The zero-order valence-corrected chi connectivity index (χ0v) is 15.1. The first-order valence-corrected chi connectivity index (χ1v) is 8.99. The normalized spacial score (nSPS) is 16.1. The van der Waals surface area contributed by atoms with Gasteiger partial charge in [-0.05, 0) is 42.0 Å². The molecule has 0 aromatic heterocycles. The molecule has 1 aliphatic rings. The summed E-state index contributed by atoms with van der Waals surface area (Å²) in [6, 6.07) is 13.1. The lowest BCUT2D eigenvalue weighted by Crippen LogP contribution is -2.46. The molecule has 0 aliphatic carbocycles. The van der Waals surface area contributed by atoms with Crippen molar-refractivity contribution in [3.05, 3.63) is 59.9 Å². The fourth-order valence-electron chi connectivity index (χ4n) is 3.30. The second-order valence-electron chi connectivity index (χ2n) is 6.61. The summed E-state index contributed by atoms with van der Waals surface area (Å²) in [6.07, 6.45) is -0.729. The molecule has 6 nitrogen and oxygen atoms in total.